The van der Waals surface area contributed by atoms with Crippen molar-refractivity contribution in [3.63, 3.8) is 0 Å². The van der Waals surface area contributed by atoms with Gasteiger partial charge in [0.2, 0.25) is 11.8 Å². The van der Waals surface area contributed by atoms with Crippen molar-refractivity contribution >= 4 is 17.8 Å². The van der Waals surface area contributed by atoms with Crippen LogP contribution in [0.2, 0.25) is 0 Å². The van der Waals surface area contributed by atoms with Crippen molar-refractivity contribution in [2.75, 3.05) is 32.7 Å². The van der Waals surface area contributed by atoms with Gasteiger partial charge < -0.3 is 20.6 Å². The van der Waals surface area contributed by atoms with Crippen molar-refractivity contribution in [3.8, 4) is 0 Å². The highest BCUT2D eigenvalue weighted by Gasteiger charge is 2.28. The van der Waals surface area contributed by atoms with Crippen molar-refractivity contribution in [1.82, 2.24) is 15.5 Å². The summed E-state index contributed by atoms with van der Waals surface area (Å²) in [5, 5.41) is 14.6. The van der Waals surface area contributed by atoms with Crippen LogP contribution in [0.25, 0.3) is 0 Å². The number of carboxylic acid groups (broad SMARTS) is 1. The SMILES string of the molecule is O=C(O)CCNC(=O)[C@@H]1CCCN(C(=O)CCC2CCNCC2)C1. The first-order valence-corrected chi connectivity index (χ1v) is 9.04. The summed E-state index contributed by atoms with van der Waals surface area (Å²) in [6.07, 6.45) is 5.30. The highest BCUT2D eigenvalue weighted by molar-refractivity contribution is 5.81. The van der Waals surface area contributed by atoms with Crippen molar-refractivity contribution in [3.05, 3.63) is 0 Å². The number of hydrogen-bond acceptors (Lipinski definition) is 4. The summed E-state index contributed by atoms with van der Waals surface area (Å²) >= 11 is 0. The van der Waals surface area contributed by atoms with Gasteiger partial charge in [0.05, 0.1) is 12.3 Å². The van der Waals surface area contributed by atoms with Gasteiger partial charge in [0.25, 0.3) is 0 Å². The molecule has 2 fully saturated rings. The molecule has 2 heterocycles. The van der Waals surface area contributed by atoms with Crippen LogP contribution < -0.4 is 10.6 Å². The zero-order valence-electron chi connectivity index (χ0n) is 14.3. The molecule has 2 saturated heterocycles. The topological polar surface area (TPSA) is 98.7 Å². The molecule has 0 unspecified atom stereocenters. The Bertz CT molecular complexity index is 449. The zero-order valence-corrected chi connectivity index (χ0v) is 14.3. The highest BCUT2D eigenvalue weighted by Crippen LogP contribution is 2.21. The number of rotatable bonds is 7. The van der Waals surface area contributed by atoms with Crippen LogP contribution in [-0.4, -0.2) is 60.5 Å². The molecular formula is C17H29N3O4. The number of carboxylic acids is 1. The van der Waals surface area contributed by atoms with Crippen molar-refractivity contribution in [1.29, 1.82) is 0 Å². The van der Waals surface area contributed by atoms with E-state index >= 15 is 0 Å². The molecular weight excluding hydrogens is 310 g/mol. The smallest absolute Gasteiger partial charge is 0.305 e. The lowest BCUT2D eigenvalue weighted by atomic mass is 9.92. The van der Waals surface area contributed by atoms with E-state index in [0.717, 1.165) is 51.7 Å². The summed E-state index contributed by atoms with van der Waals surface area (Å²) in [6, 6.07) is 0. The normalized spacial score (nSPS) is 22.2. The zero-order chi connectivity index (χ0) is 17.4. The largest absolute Gasteiger partial charge is 0.481 e. The number of carbonyl (C=O) groups excluding carboxylic acids is 2. The van der Waals surface area contributed by atoms with E-state index in [9.17, 15) is 14.4 Å². The molecule has 2 aliphatic heterocycles. The summed E-state index contributed by atoms with van der Waals surface area (Å²) < 4.78 is 0. The maximum Gasteiger partial charge on any atom is 0.305 e. The molecule has 7 nitrogen and oxygen atoms in total. The third-order valence-corrected chi connectivity index (χ3v) is 5.01. The number of likely N-dealkylation sites (tertiary alicyclic amines) is 1. The number of nitrogens with zero attached hydrogens (tertiary/aromatic N) is 1. The Morgan fingerprint density at radius 3 is 2.58 bits per heavy atom. The Labute approximate surface area is 143 Å². The van der Waals surface area contributed by atoms with E-state index in [2.05, 4.69) is 10.6 Å². The second-order valence-electron chi connectivity index (χ2n) is 6.85. The Kier molecular flexibility index (Phi) is 7.49. The van der Waals surface area contributed by atoms with Crippen LogP contribution >= 0.6 is 0 Å². The molecule has 2 amide bonds. The summed E-state index contributed by atoms with van der Waals surface area (Å²) in [4.78, 5) is 36.8. The third-order valence-electron chi connectivity index (χ3n) is 5.01. The van der Waals surface area contributed by atoms with E-state index in [4.69, 9.17) is 5.11 Å². The molecule has 7 heteroatoms. The summed E-state index contributed by atoms with van der Waals surface area (Å²) in [5.41, 5.74) is 0. The molecule has 3 N–H and O–H groups in total. The maximum absolute atomic E-state index is 12.4. The maximum atomic E-state index is 12.4. The average molecular weight is 339 g/mol. The minimum atomic E-state index is -0.923. The van der Waals surface area contributed by atoms with Crippen molar-refractivity contribution in [2.45, 2.75) is 44.9 Å². The fourth-order valence-corrected chi connectivity index (χ4v) is 3.51. The monoisotopic (exact) mass is 339 g/mol. The molecule has 2 rings (SSSR count). The number of hydrogen-bond donors (Lipinski definition) is 3. The fourth-order valence-electron chi connectivity index (χ4n) is 3.51. The highest BCUT2D eigenvalue weighted by atomic mass is 16.4. The molecule has 0 aromatic carbocycles. The Balaban J connectivity index is 1.71. The van der Waals surface area contributed by atoms with Gasteiger partial charge >= 0.3 is 5.97 Å². The van der Waals surface area contributed by atoms with Gasteiger partial charge in [-0.05, 0) is 51.1 Å². The molecule has 0 aromatic heterocycles. The van der Waals surface area contributed by atoms with Crippen LogP contribution in [0.4, 0.5) is 0 Å². The average Bonchev–Trinajstić information content (AvgIpc) is 2.60. The summed E-state index contributed by atoms with van der Waals surface area (Å²) in [6.45, 7) is 3.42. The van der Waals surface area contributed by atoms with E-state index in [1.165, 1.54) is 0 Å². The van der Waals surface area contributed by atoms with Gasteiger partial charge in [-0.15, -0.1) is 0 Å². The number of carbonyl (C=O) groups is 3. The summed E-state index contributed by atoms with van der Waals surface area (Å²) in [7, 11) is 0. The Hall–Kier alpha value is -1.63. The molecule has 0 aliphatic carbocycles. The lowest BCUT2D eigenvalue weighted by Crippen LogP contribution is -2.45. The van der Waals surface area contributed by atoms with Gasteiger partial charge in [-0.2, -0.15) is 0 Å². The molecule has 0 bridgehead atoms. The minimum Gasteiger partial charge on any atom is -0.481 e. The molecule has 136 valence electrons. The van der Waals surface area contributed by atoms with Gasteiger partial charge in [0.1, 0.15) is 0 Å². The predicted molar refractivity (Wildman–Crippen MR) is 89.4 cm³/mol. The second-order valence-corrected chi connectivity index (χ2v) is 6.85. The second kappa shape index (κ2) is 9.61. The minimum absolute atomic E-state index is 0.0721. The van der Waals surface area contributed by atoms with Gasteiger partial charge in [0.15, 0.2) is 0 Å². The van der Waals surface area contributed by atoms with E-state index < -0.39 is 5.97 Å². The van der Waals surface area contributed by atoms with Crippen LogP contribution in [0, 0.1) is 11.8 Å². The standard InChI is InChI=1S/C17H29N3O4/c21-15(4-3-13-5-8-18-9-6-13)20-11-1-2-14(12-20)17(24)19-10-7-16(22)23/h13-14,18H,1-12H2,(H,19,24)(H,22,23)/t14-/m1/s1. The number of amides is 2. The Morgan fingerprint density at radius 1 is 1.12 bits per heavy atom. The number of nitrogens with one attached hydrogen (secondary N) is 2. The molecule has 0 spiro atoms. The van der Waals surface area contributed by atoms with Gasteiger partial charge in [-0.1, -0.05) is 0 Å². The molecule has 2 aliphatic rings. The number of aliphatic carboxylic acids is 1. The first kappa shape index (κ1) is 18.7. The molecule has 1 atom stereocenters. The van der Waals surface area contributed by atoms with E-state index in [0.29, 0.717) is 18.9 Å². The number of piperidine rings is 2. The van der Waals surface area contributed by atoms with Gasteiger partial charge in [-0.25, -0.2) is 0 Å². The quantitative estimate of drug-likeness (QED) is 0.631. The first-order chi connectivity index (χ1) is 11.6. The molecule has 24 heavy (non-hydrogen) atoms. The summed E-state index contributed by atoms with van der Waals surface area (Å²) in [5.74, 6) is -0.484. The van der Waals surface area contributed by atoms with E-state index in [1.807, 2.05) is 4.90 Å². The van der Waals surface area contributed by atoms with Gasteiger partial charge in [0, 0.05) is 26.1 Å². The molecule has 0 aromatic rings. The lowest BCUT2D eigenvalue weighted by Gasteiger charge is -2.32. The fraction of sp³-hybridized carbons (Fsp3) is 0.824. The third kappa shape index (κ3) is 6.11. The van der Waals surface area contributed by atoms with E-state index in [-0.39, 0.29) is 30.7 Å². The van der Waals surface area contributed by atoms with E-state index in [1.54, 1.807) is 0 Å². The van der Waals surface area contributed by atoms with Gasteiger partial charge in [-0.3, -0.25) is 14.4 Å². The van der Waals surface area contributed by atoms with Crippen LogP contribution in [0.5, 0.6) is 0 Å². The van der Waals surface area contributed by atoms with Crippen LogP contribution in [0.1, 0.15) is 44.9 Å². The Morgan fingerprint density at radius 2 is 1.88 bits per heavy atom. The molecule has 0 saturated carbocycles. The van der Waals surface area contributed by atoms with Crippen molar-refractivity contribution in [2.24, 2.45) is 11.8 Å². The van der Waals surface area contributed by atoms with Crippen molar-refractivity contribution < 1.29 is 19.5 Å². The predicted octanol–water partition coefficient (Wildman–Crippen LogP) is 0.596. The molecule has 0 radical (unpaired) electrons. The van der Waals surface area contributed by atoms with Crippen LogP contribution in [0.15, 0.2) is 0 Å². The first-order valence-electron chi connectivity index (χ1n) is 9.04. The van der Waals surface area contributed by atoms with Crippen LogP contribution in [-0.2, 0) is 14.4 Å². The lowest BCUT2D eigenvalue weighted by molar-refractivity contribution is -0.137. The van der Waals surface area contributed by atoms with Crippen LogP contribution in [0.3, 0.4) is 0 Å².